The van der Waals surface area contributed by atoms with Crippen LogP contribution in [-0.2, 0) is 0 Å². The zero-order valence-electron chi connectivity index (χ0n) is 13.9. The highest BCUT2D eigenvalue weighted by Crippen LogP contribution is 2.25. The van der Waals surface area contributed by atoms with E-state index in [1.54, 1.807) is 12.3 Å². The summed E-state index contributed by atoms with van der Waals surface area (Å²) in [5.41, 5.74) is 9.71. The largest absolute Gasteiger partial charge is 0.368 e. The van der Waals surface area contributed by atoms with Gasteiger partial charge in [-0.3, -0.25) is 4.79 Å². The Bertz CT molecular complexity index is 1090. The molecule has 0 unspecified atom stereocenters. The van der Waals surface area contributed by atoms with Gasteiger partial charge in [-0.1, -0.05) is 36.4 Å². The first-order chi connectivity index (χ1) is 12.7. The lowest BCUT2D eigenvalue weighted by Crippen LogP contribution is -2.11. The molecule has 126 valence electrons. The lowest BCUT2D eigenvalue weighted by molar-refractivity contribution is 0.102. The summed E-state index contributed by atoms with van der Waals surface area (Å²) >= 11 is 0. The zero-order chi connectivity index (χ0) is 17.9. The van der Waals surface area contributed by atoms with Crippen LogP contribution in [0.5, 0.6) is 0 Å². The molecule has 1 amide bonds. The number of nitrogens with zero attached hydrogens (tertiary/aromatic N) is 2. The van der Waals surface area contributed by atoms with Crippen molar-refractivity contribution in [2.75, 3.05) is 11.1 Å². The first kappa shape index (κ1) is 15.8. The van der Waals surface area contributed by atoms with Gasteiger partial charge in [0.2, 0.25) is 5.95 Å². The van der Waals surface area contributed by atoms with Gasteiger partial charge in [0.05, 0.1) is 5.52 Å². The van der Waals surface area contributed by atoms with Gasteiger partial charge in [0.1, 0.15) is 0 Å². The van der Waals surface area contributed by atoms with E-state index in [0.29, 0.717) is 5.56 Å². The van der Waals surface area contributed by atoms with Crippen molar-refractivity contribution in [3.8, 4) is 11.1 Å². The second-order valence-corrected chi connectivity index (χ2v) is 5.90. The van der Waals surface area contributed by atoms with Crippen molar-refractivity contribution in [2.24, 2.45) is 0 Å². The second-order valence-electron chi connectivity index (χ2n) is 5.90. The first-order valence-electron chi connectivity index (χ1n) is 8.18. The van der Waals surface area contributed by atoms with E-state index in [0.717, 1.165) is 27.7 Å². The van der Waals surface area contributed by atoms with E-state index in [9.17, 15) is 4.79 Å². The molecule has 0 saturated carbocycles. The fourth-order valence-electron chi connectivity index (χ4n) is 2.79. The molecule has 1 heterocycles. The van der Waals surface area contributed by atoms with Crippen LogP contribution in [0.1, 0.15) is 10.4 Å². The summed E-state index contributed by atoms with van der Waals surface area (Å²) in [6, 6.07) is 22.8. The molecule has 5 heteroatoms. The molecule has 0 bridgehead atoms. The number of para-hydroxylation sites is 1. The number of amides is 1. The van der Waals surface area contributed by atoms with Crippen molar-refractivity contribution < 1.29 is 4.79 Å². The highest BCUT2D eigenvalue weighted by atomic mass is 16.1. The normalized spacial score (nSPS) is 10.6. The third-order valence-corrected chi connectivity index (χ3v) is 4.09. The van der Waals surface area contributed by atoms with E-state index in [1.807, 2.05) is 66.7 Å². The summed E-state index contributed by atoms with van der Waals surface area (Å²) in [6.45, 7) is 0. The summed E-state index contributed by atoms with van der Waals surface area (Å²) in [5, 5.41) is 3.80. The molecule has 0 aliphatic rings. The van der Waals surface area contributed by atoms with Gasteiger partial charge in [-0.05, 0) is 47.5 Å². The predicted octanol–water partition coefficient (Wildman–Crippen LogP) is 4.13. The van der Waals surface area contributed by atoms with Gasteiger partial charge in [0.25, 0.3) is 5.91 Å². The summed E-state index contributed by atoms with van der Waals surface area (Å²) in [4.78, 5) is 20.7. The lowest BCUT2D eigenvalue weighted by Gasteiger charge is -2.08. The molecule has 0 radical (unpaired) electrons. The number of fused-ring (bicyclic) bond motifs is 1. The Labute approximate surface area is 150 Å². The Hall–Kier alpha value is -3.73. The lowest BCUT2D eigenvalue weighted by atomic mass is 10.0. The average molecular weight is 340 g/mol. The maximum atomic E-state index is 12.5. The zero-order valence-corrected chi connectivity index (χ0v) is 13.9. The van der Waals surface area contributed by atoms with Crippen molar-refractivity contribution in [1.82, 2.24) is 9.97 Å². The summed E-state index contributed by atoms with van der Waals surface area (Å²) in [7, 11) is 0. The molecule has 26 heavy (non-hydrogen) atoms. The van der Waals surface area contributed by atoms with Crippen molar-refractivity contribution in [3.63, 3.8) is 0 Å². The Kier molecular flexibility index (Phi) is 4.03. The summed E-state index contributed by atoms with van der Waals surface area (Å²) < 4.78 is 0. The second kappa shape index (κ2) is 6.64. The van der Waals surface area contributed by atoms with Crippen LogP contribution in [0.4, 0.5) is 11.6 Å². The number of hydrogen-bond acceptors (Lipinski definition) is 4. The van der Waals surface area contributed by atoms with Crippen molar-refractivity contribution in [2.45, 2.75) is 0 Å². The fraction of sp³-hybridized carbons (Fsp3) is 0. The van der Waals surface area contributed by atoms with Crippen LogP contribution in [0, 0.1) is 0 Å². The molecule has 4 rings (SSSR count). The number of nitrogens with one attached hydrogen (secondary N) is 1. The molecule has 0 spiro atoms. The molecule has 0 aliphatic heterocycles. The summed E-state index contributed by atoms with van der Waals surface area (Å²) in [5.74, 6) is 0.111. The molecule has 1 aromatic heterocycles. The van der Waals surface area contributed by atoms with Crippen molar-refractivity contribution >= 4 is 28.4 Å². The van der Waals surface area contributed by atoms with Crippen molar-refractivity contribution in [1.29, 1.82) is 0 Å². The standard InChI is InChI=1S/C21H16N4O/c22-21-23-13-17-12-15(9-10-19(17)25-21)14-5-4-6-16(11-14)20(26)24-18-7-2-1-3-8-18/h1-13H,(H,24,26)(H2,22,23,25). The number of aromatic nitrogens is 2. The van der Waals surface area contributed by atoms with Crippen LogP contribution in [0.3, 0.4) is 0 Å². The smallest absolute Gasteiger partial charge is 0.255 e. The fourth-order valence-corrected chi connectivity index (χ4v) is 2.79. The summed E-state index contributed by atoms with van der Waals surface area (Å²) in [6.07, 6.45) is 1.70. The van der Waals surface area contributed by atoms with E-state index in [-0.39, 0.29) is 11.9 Å². The van der Waals surface area contributed by atoms with Gasteiger partial charge >= 0.3 is 0 Å². The minimum absolute atomic E-state index is 0.144. The third kappa shape index (κ3) is 3.23. The van der Waals surface area contributed by atoms with Crippen LogP contribution in [0.25, 0.3) is 22.0 Å². The molecule has 0 aliphatic carbocycles. The topological polar surface area (TPSA) is 80.9 Å². The van der Waals surface area contributed by atoms with E-state index >= 15 is 0 Å². The number of benzene rings is 3. The average Bonchev–Trinajstić information content (AvgIpc) is 2.68. The number of carbonyl (C=O) groups is 1. The molecule has 0 saturated heterocycles. The minimum atomic E-state index is -0.144. The maximum Gasteiger partial charge on any atom is 0.255 e. The molecular formula is C21H16N4O. The van der Waals surface area contributed by atoms with E-state index in [1.165, 1.54) is 0 Å². The Morgan fingerprint density at radius 2 is 1.69 bits per heavy atom. The van der Waals surface area contributed by atoms with Crippen LogP contribution >= 0.6 is 0 Å². The number of rotatable bonds is 3. The molecule has 4 aromatic rings. The highest BCUT2D eigenvalue weighted by molar-refractivity contribution is 6.05. The predicted molar refractivity (Wildman–Crippen MR) is 104 cm³/mol. The molecule has 0 fully saturated rings. The van der Waals surface area contributed by atoms with Gasteiger partial charge in [-0.25, -0.2) is 9.97 Å². The van der Waals surface area contributed by atoms with Gasteiger partial charge in [0.15, 0.2) is 0 Å². The number of nitrogen functional groups attached to an aromatic ring is 1. The van der Waals surface area contributed by atoms with Crippen LogP contribution < -0.4 is 11.1 Å². The van der Waals surface area contributed by atoms with E-state index in [4.69, 9.17) is 5.73 Å². The highest BCUT2D eigenvalue weighted by Gasteiger charge is 2.08. The number of hydrogen-bond donors (Lipinski definition) is 2. The Morgan fingerprint density at radius 1 is 0.885 bits per heavy atom. The Balaban J connectivity index is 1.65. The van der Waals surface area contributed by atoms with Crippen LogP contribution in [-0.4, -0.2) is 15.9 Å². The number of carbonyl (C=O) groups excluding carboxylic acids is 1. The van der Waals surface area contributed by atoms with Gasteiger partial charge < -0.3 is 11.1 Å². The SMILES string of the molecule is Nc1ncc2cc(-c3cccc(C(=O)Nc4ccccc4)c3)ccc2n1. The minimum Gasteiger partial charge on any atom is -0.368 e. The monoisotopic (exact) mass is 340 g/mol. The van der Waals surface area contributed by atoms with Crippen LogP contribution in [0.15, 0.2) is 79.0 Å². The van der Waals surface area contributed by atoms with Crippen molar-refractivity contribution in [3.05, 3.63) is 84.6 Å². The third-order valence-electron chi connectivity index (χ3n) is 4.09. The van der Waals surface area contributed by atoms with E-state index in [2.05, 4.69) is 15.3 Å². The molecule has 3 N–H and O–H groups in total. The Morgan fingerprint density at radius 3 is 2.54 bits per heavy atom. The van der Waals surface area contributed by atoms with Crippen LogP contribution in [0.2, 0.25) is 0 Å². The van der Waals surface area contributed by atoms with E-state index < -0.39 is 0 Å². The molecule has 3 aromatic carbocycles. The number of anilines is 2. The molecular weight excluding hydrogens is 324 g/mol. The molecule has 5 nitrogen and oxygen atoms in total. The number of nitrogens with two attached hydrogens (primary N) is 1. The quantitative estimate of drug-likeness (QED) is 0.587. The molecule has 0 atom stereocenters. The van der Waals surface area contributed by atoms with Gasteiger partial charge in [-0.2, -0.15) is 0 Å². The maximum absolute atomic E-state index is 12.5. The van der Waals surface area contributed by atoms with Gasteiger partial charge in [-0.15, -0.1) is 0 Å². The first-order valence-corrected chi connectivity index (χ1v) is 8.18. The van der Waals surface area contributed by atoms with Gasteiger partial charge in [0, 0.05) is 22.8 Å².